The van der Waals surface area contributed by atoms with Gasteiger partial charge >= 0.3 is 16.3 Å². The SMILES string of the molecule is CCOC(=O)NS(=O)(=O)NC1(CCl)CCCC(C)C1. The molecule has 0 aromatic heterocycles. The number of rotatable bonds is 5. The Kier molecular flexibility index (Phi) is 5.88. The van der Waals surface area contributed by atoms with Crippen molar-refractivity contribution < 1.29 is 17.9 Å². The minimum atomic E-state index is -3.96. The van der Waals surface area contributed by atoms with Crippen molar-refractivity contribution in [1.29, 1.82) is 0 Å². The highest BCUT2D eigenvalue weighted by Gasteiger charge is 2.38. The molecule has 8 heteroatoms. The molecule has 0 heterocycles. The molecule has 1 aliphatic carbocycles. The van der Waals surface area contributed by atoms with Crippen molar-refractivity contribution in [3.8, 4) is 0 Å². The van der Waals surface area contributed by atoms with E-state index in [1.165, 1.54) is 0 Å². The molecule has 1 saturated carbocycles. The van der Waals surface area contributed by atoms with Crippen LogP contribution in [-0.4, -0.2) is 32.5 Å². The first-order valence-corrected chi connectivity index (χ1v) is 8.39. The van der Waals surface area contributed by atoms with Crippen molar-refractivity contribution in [2.45, 2.75) is 45.1 Å². The average Bonchev–Trinajstić information content (AvgIpc) is 2.27. The Balaban J connectivity index is 2.71. The number of ether oxygens (including phenoxy) is 1. The third-order valence-corrected chi connectivity index (χ3v) is 4.84. The summed E-state index contributed by atoms with van der Waals surface area (Å²) in [7, 11) is -3.96. The van der Waals surface area contributed by atoms with Crippen molar-refractivity contribution in [1.82, 2.24) is 9.44 Å². The lowest BCUT2D eigenvalue weighted by atomic mass is 9.78. The molecule has 6 nitrogen and oxygen atoms in total. The van der Waals surface area contributed by atoms with Crippen LogP contribution in [0.2, 0.25) is 0 Å². The third-order valence-electron chi connectivity index (χ3n) is 3.19. The zero-order valence-electron chi connectivity index (χ0n) is 11.2. The highest BCUT2D eigenvalue weighted by molar-refractivity contribution is 7.88. The van der Waals surface area contributed by atoms with Gasteiger partial charge < -0.3 is 4.74 Å². The van der Waals surface area contributed by atoms with E-state index in [1.807, 2.05) is 4.72 Å². The Hall–Kier alpha value is -0.530. The number of carbonyl (C=O) groups is 1. The molecule has 1 aliphatic rings. The molecule has 0 aromatic carbocycles. The summed E-state index contributed by atoms with van der Waals surface area (Å²) in [4.78, 5) is 11.2. The third kappa shape index (κ3) is 5.16. The fraction of sp³-hybridized carbons (Fsp3) is 0.909. The second kappa shape index (κ2) is 6.76. The van der Waals surface area contributed by atoms with Gasteiger partial charge in [-0.1, -0.05) is 19.8 Å². The topological polar surface area (TPSA) is 84.5 Å². The molecule has 1 rings (SSSR count). The summed E-state index contributed by atoms with van der Waals surface area (Å²) in [5, 5.41) is 0. The van der Waals surface area contributed by atoms with Gasteiger partial charge in [-0.3, -0.25) is 0 Å². The zero-order chi connectivity index (χ0) is 14.5. The molecule has 19 heavy (non-hydrogen) atoms. The highest BCUT2D eigenvalue weighted by Crippen LogP contribution is 2.33. The van der Waals surface area contributed by atoms with Crippen molar-refractivity contribution in [3.05, 3.63) is 0 Å². The Morgan fingerprint density at radius 3 is 2.74 bits per heavy atom. The van der Waals surface area contributed by atoms with Crippen LogP contribution < -0.4 is 9.44 Å². The van der Waals surface area contributed by atoms with Gasteiger partial charge in [-0.2, -0.15) is 13.1 Å². The van der Waals surface area contributed by atoms with Gasteiger partial charge in [0.15, 0.2) is 0 Å². The molecule has 0 saturated heterocycles. The summed E-state index contributed by atoms with van der Waals surface area (Å²) in [6, 6.07) is 0. The first-order valence-electron chi connectivity index (χ1n) is 6.37. The first kappa shape index (κ1) is 16.5. The second-order valence-corrected chi connectivity index (χ2v) is 6.73. The first-order chi connectivity index (χ1) is 8.82. The zero-order valence-corrected chi connectivity index (χ0v) is 12.8. The van der Waals surface area contributed by atoms with E-state index >= 15 is 0 Å². The molecular formula is C11H21ClN2O4S. The van der Waals surface area contributed by atoms with Gasteiger partial charge in [-0.05, 0) is 25.7 Å². The Morgan fingerprint density at radius 1 is 1.53 bits per heavy atom. The molecule has 2 atom stereocenters. The smallest absolute Gasteiger partial charge is 0.421 e. The lowest BCUT2D eigenvalue weighted by Crippen LogP contribution is -2.56. The number of carbonyl (C=O) groups excluding carboxylic acids is 1. The second-order valence-electron chi connectivity index (χ2n) is 5.04. The maximum absolute atomic E-state index is 11.9. The van der Waals surface area contributed by atoms with Crippen molar-refractivity contribution >= 4 is 27.9 Å². The molecule has 1 amide bonds. The molecule has 0 aromatic rings. The predicted molar refractivity (Wildman–Crippen MR) is 73.3 cm³/mol. The quantitative estimate of drug-likeness (QED) is 0.758. The summed E-state index contributed by atoms with van der Waals surface area (Å²) in [6.07, 6.45) is 2.33. The van der Waals surface area contributed by atoms with Crippen LogP contribution in [0.25, 0.3) is 0 Å². The molecule has 0 aliphatic heterocycles. The predicted octanol–water partition coefficient (Wildman–Crippen LogP) is 1.75. The molecular weight excluding hydrogens is 292 g/mol. The highest BCUT2D eigenvalue weighted by atomic mass is 35.5. The lowest BCUT2D eigenvalue weighted by Gasteiger charge is -2.38. The van der Waals surface area contributed by atoms with Crippen molar-refractivity contribution in [2.75, 3.05) is 12.5 Å². The van der Waals surface area contributed by atoms with E-state index in [0.717, 1.165) is 12.8 Å². The Morgan fingerprint density at radius 2 is 2.21 bits per heavy atom. The van der Waals surface area contributed by atoms with Gasteiger partial charge in [-0.25, -0.2) is 9.52 Å². The standard InChI is InChI=1S/C11H21ClN2O4S/c1-3-18-10(15)13-19(16,17)14-11(8-12)6-4-5-9(2)7-11/h9,14H,3-8H2,1-2H3,(H,13,15). The van der Waals surface area contributed by atoms with Gasteiger partial charge in [0.2, 0.25) is 0 Å². The molecule has 1 fully saturated rings. The van der Waals surface area contributed by atoms with Gasteiger partial charge in [0.1, 0.15) is 0 Å². The molecule has 2 N–H and O–H groups in total. The van der Waals surface area contributed by atoms with Gasteiger partial charge in [0.05, 0.1) is 6.61 Å². The lowest BCUT2D eigenvalue weighted by molar-refractivity contribution is 0.158. The van der Waals surface area contributed by atoms with E-state index in [4.69, 9.17) is 11.6 Å². The van der Waals surface area contributed by atoms with E-state index in [0.29, 0.717) is 18.8 Å². The van der Waals surface area contributed by atoms with Gasteiger partial charge in [0, 0.05) is 11.4 Å². The molecule has 2 unspecified atom stereocenters. The average molecular weight is 313 g/mol. The molecule has 0 spiro atoms. The summed E-state index contributed by atoms with van der Waals surface area (Å²) < 4.78 is 32.6. The van der Waals surface area contributed by atoms with Crippen LogP contribution in [0.3, 0.4) is 0 Å². The normalized spacial score (nSPS) is 27.8. The number of alkyl halides is 1. The van der Waals surface area contributed by atoms with Crippen LogP contribution in [0.5, 0.6) is 0 Å². The number of nitrogens with one attached hydrogen (secondary N) is 2. The largest absolute Gasteiger partial charge is 0.449 e. The molecule has 0 bridgehead atoms. The van der Waals surface area contributed by atoms with E-state index in [1.54, 1.807) is 6.92 Å². The number of amides is 1. The summed E-state index contributed by atoms with van der Waals surface area (Å²) in [5.74, 6) is 0.582. The monoisotopic (exact) mass is 312 g/mol. The Labute approximate surface area is 119 Å². The number of hydrogen-bond acceptors (Lipinski definition) is 4. The summed E-state index contributed by atoms with van der Waals surface area (Å²) in [5.41, 5.74) is -0.683. The summed E-state index contributed by atoms with van der Waals surface area (Å²) in [6.45, 7) is 3.77. The van der Waals surface area contributed by atoms with Crippen LogP contribution >= 0.6 is 11.6 Å². The van der Waals surface area contributed by atoms with E-state index in [9.17, 15) is 13.2 Å². The van der Waals surface area contributed by atoms with Crippen LogP contribution in [0.4, 0.5) is 4.79 Å². The van der Waals surface area contributed by atoms with E-state index in [2.05, 4.69) is 16.4 Å². The number of halogens is 1. The van der Waals surface area contributed by atoms with Crippen LogP contribution in [0, 0.1) is 5.92 Å². The molecule has 0 radical (unpaired) electrons. The maximum Gasteiger partial charge on any atom is 0.421 e. The van der Waals surface area contributed by atoms with Crippen LogP contribution in [0.15, 0.2) is 0 Å². The maximum atomic E-state index is 11.9. The van der Waals surface area contributed by atoms with E-state index in [-0.39, 0.29) is 12.5 Å². The number of hydrogen-bond donors (Lipinski definition) is 2. The van der Waals surface area contributed by atoms with Gasteiger partial charge in [0.25, 0.3) is 0 Å². The van der Waals surface area contributed by atoms with Gasteiger partial charge in [-0.15, -0.1) is 11.6 Å². The fourth-order valence-electron chi connectivity index (χ4n) is 2.48. The minimum Gasteiger partial charge on any atom is -0.449 e. The van der Waals surface area contributed by atoms with Crippen molar-refractivity contribution in [2.24, 2.45) is 5.92 Å². The van der Waals surface area contributed by atoms with Crippen molar-refractivity contribution in [3.63, 3.8) is 0 Å². The fourth-order valence-corrected chi connectivity index (χ4v) is 4.03. The van der Waals surface area contributed by atoms with Crippen LogP contribution in [-0.2, 0) is 14.9 Å². The van der Waals surface area contributed by atoms with E-state index < -0.39 is 21.8 Å². The van der Waals surface area contributed by atoms with Crippen LogP contribution in [0.1, 0.15) is 39.5 Å². The Bertz CT molecular complexity index is 415. The minimum absolute atomic E-state index is 0.110. The summed E-state index contributed by atoms with van der Waals surface area (Å²) >= 11 is 5.94. The molecule has 112 valence electrons.